The fourth-order valence-electron chi connectivity index (χ4n) is 2.01. The first-order valence-electron chi connectivity index (χ1n) is 7.06. The summed E-state index contributed by atoms with van der Waals surface area (Å²) >= 11 is 0. The van der Waals surface area contributed by atoms with Gasteiger partial charge in [0.1, 0.15) is 11.6 Å². The number of carbonyl (C=O) groups is 1. The highest BCUT2D eigenvalue weighted by atomic mass is 19.1. The number of carbonyl (C=O) groups excluding carboxylic acids is 1. The van der Waals surface area contributed by atoms with Gasteiger partial charge < -0.3 is 14.5 Å². The molecule has 0 unspecified atom stereocenters. The molecule has 23 heavy (non-hydrogen) atoms. The number of hydrogen-bond acceptors (Lipinski definition) is 3. The van der Waals surface area contributed by atoms with E-state index in [1.54, 1.807) is 6.07 Å². The molecule has 0 aliphatic carbocycles. The molecule has 0 saturated heterocycles. The van der Waals surface area contributed by atoms with Crippen molar-refractivity contribution in [2.45, 2.75) is 6.54 Å². The summed E-state index contributed by atoms with van der Waals surface area (Å²) in [6, 6.07) is 18.3. The molecule has 0 aliphatic heterocycles. The van der Waals surface area contributed by atoms with Crippen molar-refractivity contribution < 1.29 is 18.3 Å². The lowest BCUT2D eigenvalue weighted by molar-refractivity contribution is 0.0918. The summed E-state index contributed by atoms with van der Waals surface area (Å²) in [5, 5.41) is 2.75. The van der Waals surface area contributed by atoms with Crippen LogP contribution in [-0.2, 0) is 6.54 Å². The van der Waals surface area contributed by atoms with E-state index in [4.69, 9.17) is 9.15 Å². The maximum absolute atomic E-state index is 13.1. The first-order valence-corrected chi connectivity index (χ1v) is 7.06. The fraction of sp³-hybridized carbons (Fsp3) is 0.0556. The van der Waals surface area contributed by atoms with E-state index >= 15 is 0 Å². The van der Waals surface area contributed by atoms with Crippen LogP contribution in [0.15, 0.2) is 71.1 Å². The van der Waals surface area contributed by atoms with Gasteiger partial charge in [0, 0.05) is 18.7 Å². The highest BCUT2D eigenvalue weighted by Crippen LogP contribution is 2.24. The lowest BCUT2D eigenvalue weighted by atomic mass is 10.2. The zero-order chi connectivity index (χ0) is 16.1. The molecule has 0 saturated carbocycles. The van der Waals surface area contributed by atoms with Gasteiger partial charge in [-0.05, 0) is 23.8 Å². The number of furan rings is 1. The normalized spacial score (nSPS) is 10.3. The van der Waals surface area contributed by atoms with Crippen LogP contribution in [-0.4, -0.2) is 5.91 Å². The molecule has 0 spiro atoms. The summed E-state index contributed by atoms with van der Waals surface area (Å²) < 4.78 is 23.8. The molecule has 0 radical (unpaired) electrons. The Balaban J connectivity index is 1.61. The molecule has 0 fully saturated rings. The summed E-state index contributed by atoms with van der Waals surface area (Å²) in [6.45, 7) is 0.403. The molecular weight excluding hydrogens is 297 g/mol. The number of ether oxygens (including phenoxy) is 1. The largest absolute Gasteiger partial charge is 0.426 e. The molecule has 1 N–H and O–H groups in total. The topological polar surface area (TPSA) is 51.5 Å². The molecule has 5 heteroatoms. The van der Waals surface area contributed by atoms with E-state index < -0.39 is 5.82 Å². The van der Waals surface area contributed by atoms with Gasteiger partial charge >= 0.3 is 0 Å². The van der Waals surface area contributed by atoms with E-state index in [0.29, 0.717) is 12.3 Å². The quantitative estimate of drug-likeness (QED) is 0.770. The van der Waals surface area contributed by atoms with Crippen LogP contribution in [0, 0.1) is 5.82 Å². The SMILES string of the molecule is O=C(NCc1ccccc1)c1ccc(Oc2cccc(F)c2)o1. The highest BCUT2D eigenvalue weighted by molar-refractivity contribution is 5.91. The van der Waals surface area contributed by atoms with Crippen molar-refractivity contribution in [3.05, 3.63) is 83.9 Å². The molecule has 2 aromatic carbocycles. The van der Waals surface area contributed by atoms with Crippen LogP contribution in [0.2, 0.25) is 0 Å². The molecule has 0 aliphatic rings. The van der Waals surface area contributed by atoms with Crippen LogP contribution < -0.4 is 10.1 Å². The second kappa shape index (κ2) is 6.79. The third-order valence-corrected chi connectivity index (χ3v) is 3.12. The van der Waals surface area contributed by atoms with Gasteiger partial charge in [-0.2, -0.15) is 0 Å². The van der Waals surface area contributed by atoms with Crippen molar-refractivity contribution in [2.24, 2.45) is 0 Å². The Kier molecular flexibility index (Phi) is 4.38. The van der Waals surface area contributed by atoms with Gasteiger partial charge in [0.05, 0.1) is 0 Å². The van der Waals surface area contributed by atoms with Gasteiger partial charge in [-0.1, -0.05) is 36.4 Å². The smallest absolute Gasteiger partial charge is 0.290 e. The molecule has 0 bridgehead atoms. The minimum atomic E-state index is -0.408. The summed E-state index contributed by atoms with van der Waals surface area (Å²) in [7, 11) is 0. The molecule has 3 rings (SSSR count). The number of halogens is 1. The van der Waals surface area contributed by atoms with E-state index in [2.05, 4.69) is 5.32 Å². The summed E-state index contributed by atoms with van der Waals surface area (Å²) in [5.41, 5.74) is 0.989. The van der Waals surface area contributed by atoms with Crippen LogP contribution in [0.25, 0.3) is 0 Å². The predicted molar refractivity (Wildman–Crippen MR) is 82.8 cm³/mol. The Morgan fingerprint density at radius 3 is 2.65 bits per heavy atom. The van der Waals surface area contributed by atoms with Crippen molar-refractivity contribution in [1.82, 2.24) is 5.32 Å². The van der Waals surface area contributed by atoms with Gasteiger partial charge in [-0.15, -0.1) is 0 Å². The molecular formula is C18H14FNO3. The van der Waals surface area contributed by atoms with E-state index in [9.17, 15) is 9.18 Å². The minimum absolute atomic E-state index is 0.125. The summed E-state index contributed by atoms with van der Waals surface area (Å²) in [6.07, 6.45) is 0. The van der Waals surface area contributed by atoms with Crippen LogP contribution in [0.3, 0.4) is 0 Å². The first-order chi connectivity index (χ1) is 11.2. The monoisotopic (exact) mass is 311 g/mol. The van der Waals surface area contributed by atoms with E-state index in [1.807, 2.05) is 30.3 Å². The van der Waals surface area contributed by atoms with Crippen molar-refractivity contribution in [1.29, 1.82) is 0 Å². The van der Waals surface area contributed by atoms with Crippen LogP contribution in [0.5, 0.6) is 11.7 Å². The average molecular weight is 311 g/mol. The van der Waals surface area contributed by atoms with Crippen LogP contribution in [0.1, 0.15) is 16.1 Å². The van der Waals surface area contributed by atoms with Gasteiger partial charge in [0.15, 0.2) is 5.76 Å². The number of amides is 1. The number of nitrogens with one attached hydrogen (secondary N) is 1. The Hall–Kier alpha value is -3.08. The minimum Gasteiger partial charge on any atom is -0.426 e. The van der Waals surface area contributed by atoms with Gasteiger partial charge in [0.2, 0.25) is 0 Å². The Morgan fingerprint density at radius 1 is 1.04 bits per heavy atom. The predicted octanol–water partition coefficient (Wildman–Crippen LogP) is 4.14. The lowest BCUT2D eigenvalue weighted by Gasteiger charge is -2.03. The Morgan fingerprint density at radius 2 is 1.87 bits per heavy atom. The van der Waals surface area contributed by atoms with Gasteiger partial charge in [0.25, 0.3) is 11.9 Å². The summed E-state index contributed by atoms with van der Waals surface area (Å²) in [4.78, 5) is 12.0. The molecule has 0 atom stereocenters. The Labute approximate surface area is 132 Å². The fourth-order valence-corrected chi connectivity index (χ4v) is 2.01. The zero-order valence-electron chi connectivity index (χ0n) is 12.2. The van der Waals surface area contributed by atoms with Crippen molar-refractivity contribution in [3.63, 3.8) is 0 Å². The first kappa shape index (κ1) is 14.8. The van der Waals surface area contributed by atoms with Crippen molar-refractivity contribution >= 4 is 5.91 Å². The van der Waals surface area contributed by atoms with Crippen LogP contribution in [0.4, 0.5) is 4.39 Å². The maximum Gasteiger partial charge on any atom is 0.290 e. The van der Waals surface area contributed by atoms with Crippen molar-refractivity contribution in [2.75, 3.05) is 0 Å². The van der Waals surface area contributed by atoms with E-state index in [1.165, 1.54) is 30.3 Å². The second-order valence-corrected chi connectivity index (χ2v) is 4.85. The molecule has 1 amide bonds. The molecule has 1 heterocycles. The lowest BCUT2D eigenvalue weighted by Crippen LogP contribution is -2.22. The third-order valence-electron chi connectivity index (χ3n) is 3.12. The number of benzene rings is 2. The van der Waals surface area contributed by atoms with Crippen molar-refractivity contribution in [3.8, 4) is 11.7 Å². The second-order valence-electron chi connectivity index (χ2n) is 4.85. The van der Waals surface area contributed by atoms with E-state index in [0.717, 1.165) is 5.56 Å². The van der Waals surface area contributed by atoms with Gasteiger partial charge in [-0.25, -0.2) is 4.39 Å². The van der Waals surface area contributed by atoms with E-state index in [-0.39, 0.29) is 17.6 Å². The molecule has 3 aromatic rings. The standard InChI is InChI=1S/C18H14FNO3/c19-14-7-4-8-15(11-14)22-17-10-9-16(23-17)18(21)20-12-13-5-2-1-3-6-13/h1-11H,12H2,(H,20,21). The molecule has 116 valence electrons. The maximum atomic E-state index is 13.1. The molecule has 1 aromatic heterocycles. The molecule has 4 nitrogen and oxygen atoms in total. The zero-order valence-corrected chi connectivity index (χ0v) is 12.2. The average Bonchev–Trinajstić information content (AvgIpc) is 3.02. The number of hydrogen-bond donors (Lipinski definition) is 1. The third kappa shape index (κ3) is 3.97. The number of rotatable bonds is 5. The highest BCUT2D eigenvalue weighted by Gasteiger charge is 2.12. The van der Waals surface area contributed by atoms with Gasteiger partial charge in [-0.3, -0.25) is 4.79 Å². The van der Waals surface area contributed by atoms with Crippen LogP contribution >= 0.6 is 0 Å². The summed E-state index contributed by atoms with van der Waals surface area (Å²) in [5.74, 6) is -0.193. The Bertz CT molecular complexity index is 799.